The third-order valence-corrected chi connectivity index (χ3v) is 3.31. The molecule has 2 nitrogen and oxygen atoms in total. The molecule has 0 unspecified atom stereocenters. The second-order valence-electron chi connectivity index (χ2n) is 6.18. The maximum Gasteiger partial charge on any atom is 0.228 e. The summed E-state index contributed by atoms with van der Waals surface area (Å²) in [7, 11) is 0. The van der Waals surface area contributed by atoms with E-state index in [1.165, 1.54) is 17.7 Å². The molecule has 0 saturated carbocycles. The lowest BCUT2D eigenvalue weighted by molar-refractivity contribution is -0.115. The fraction of sp³-hybridized carbons (Fsp3) is 0.278. The molecule has 0 aromatic heterocycles. The molecule has 21 heavy (non-hydrogen) atoms. The standard InChI is InChI=1S/C18H20FNO/c1-18(2,3)14-6-10-16(11-7-14)20-17(21)12-13-4-8-15(19)9-5-13/h4-11H,12H2,1-3H3,(H,20,21). The van der Waals surface area contributed by atoms with Crippen molar-refractivity contribution in [2.45, 2.75) is 32.6 Å². The van der Waals surface area contributed by atoms with Crippen LogP contribution in [-0.2, 0) is 16.6 Å². The Morgan fingerprint density at radius 3 is 2.10 bits per heavy atom. The van der Waals surface area contributed by atoms with Crippen molar-refractivity contribution in [3.63, 3.8) is 0 Å². The van der Waals surface area contributed by atoms with E-state index in [4.69, 9.17) is 0 Å². The van der Waals surface area contributed by atoms with Crippen molar-refractivity contribution in [2.24, 2.45) is 0 Å². The molecule has 0 atom stereocenters. The minimum absolute atomic E-state index is 0.0939. The normalized spacial score (nSPS) is 11.2. The number of hydrogen-bond acceptors (Lipinski definition) is 1. The fourth-order valence-electron chi connectivity index (χ4n) is 2.05. The van der Waals surface area contributed by atoms with Gasteiger partial charge in [-0.15, -0.1) is 0 Å². The fourth-order valence-corrected chi connectivity index (χ4v) is 2.05. The number of carbonyl (C=O) groups excluding carboxylic acids is 1. The minimum atomic E-state index is -0.295. The van der Waals surface area contributed by atoms with Crippen LogP contribution in [0.5, 0.6) is 0 Å². The van der Waals surface area contributed by atoms with Gasteiger partial charge in [0.25, 0.3) is 0 Å². The van der Waals surface area contributed by atoms with Crippen LogP contribution in [0.4, 0.5) is 10.1 Å². The van der Waals surface area contributed by atoms with E-state index in [9.17, 15) is 9.18 Å². The van der Waals surface area contributed by atoms with Crippen LogP contribution in [0.15, 0.2) is 48.5 Å². The van der Waals surface area contributed by atoms with Crippen molar-refractivity contribution in [1.29, 1.82) is 0 Å². The second-order valence-corrected chi connectivity index (χ2v) is 6.18. The first kappa shape index (κ1) is 15.2. The van der Waals surface area contributed by atoms with Crippen LogP contribution in [-0.4, -0.2) is 5.91 Å². The van der Waals surface area contributed by atoms with Gasteiger partial charge in [-0.3, -0.25) is 4.79 Å². The Hall–Kier alpha value is -2.16. The van der Waals surface area contributed by atoms with Gasteiger partial charge in [0.1, 0.15) is 5.82 Å². The topological polar surface area (TPSA) is 29.1 Å². The maximum absolute atomic E-state index is 12.8. The van der Waals surface area contributed by atoms with Gasteiger partial charge in [0.05, 0.1) is 6.42 Å². The number of nitrogens with one attached hydrogen (secondary N) is 1. The molecular formula is C18H20FNO. The Labute approximate surface area is 125 Å². The van der Waals surface area contributed by atoms with Gasteiger partial charge in [-0.25, -0.2) is 4.39 Å². The van der Waals surface area contributed by atoms with Gasteiger partial charge in [0.2, 0.25) is 5.91 Å². The van der Waals surface area contributed by atoms with E-state index in [-0.39, 0.29) is 23.6 Å². The van der Waals surface area contributed by atoms with E-state index < -0.39 is 0 Å². The number of rotatable bonds is 3. The molecule has 2 aromatic rings. The third kappa shape index (κ3) is 4.42. The lowest BCUT2D eigenvalue weighted by Crippen LogP contribution is -2.15. The lowest BCUT2D eigenvalue weighted by atomic mass is 9.87. The molecule has 0 radical (unpaired) electrons. The van der Waals surface area contributed by atoms with Crippen LogP contribution in [0.2, 0.25) is 0 Å². The molecule has 0 bridgehead atoms. The number of hydrogen-bond donors (Lipinski definition) is 1. The summed E-state index contributed by atoms with van der Waals surface area (Å²) >= 11 is 0. The van der Waals surface area contributed by atoms with E-state index in [0.29, 0.717) is 0 Å². The maximum atomic E-state index is 12.8. The highest BCUT2D eigenvalue weighted by molar-refractivity contribution is 5.92. The summed E-state index contributed by atoms with van der Waals surface area (Å²) < 4.78 is 12.8. The van der Waals surface area contributed by atoms with E-state index in [0.717, 1.165) is 11.3 Å². The van der Waals surface area contributed by atoms with Gasteiger partial charge in [0, 0.05) is 5.69 Å². The predicted octanol–water partition coefficient (Wildman–Crippen LogP) is 4.30. The zero-order chi connectivity index (χ0) is 15.5. The number of amides is 1. The van der Waals surface area contributed by atoms with Crippen molar-refractivity contribution in [3.05, 3.63) is 65.5 Å². The van der Waals surface area contributed by atoms with Gasteiger partial charge in [-0.1, -0.05) is 45.0 Å². The summed E-state index contributed by atoms with van der Waals surface area (Å²) in [6, 6.07) is 13.8. The molecule has 2 rings (SSSR count). The Kier molecular flexibility index (Phi) is 4.41. The third-order valence-electron chi connectivity index (χ3n) is 3.31. The quantitative estimate of drug-likeness (QED) is 0.894. The lowest BCUT2D eigenvalue weighted by Gasteiger charge is -2.19. The summed E-state index contributed by atoms with van der Waals surface area (Å²) in [5.41, 5.74) is 2.88. The van der Waals surface area contributed by atoms with Crippen LogP contribution in [0.3, 0.4) is 0 Å². The Morgan fingerprint density at radius 1 is 1.00 bits per heavy atom. The summed E-state index contributed by atoms with van der Waals surface area (Å²) in [4.78, 5) is 11.9. The first-order chi connectivity index (χ1) is 9.84. The van der Waals surface area contributed by atoms with E-state index in [1.54, 1.807) is 12.1 Å². The zero-order valence-corrected chi connectivity index (χ0v) is 12.6. The van der Waals surface area contributed by atoms with Crippen molar-refractivity contribution >= 4 is 11.6 Å². The van der Waals surface area contributed by atoms with Gasteiger partial charge >= 0.3 is 0 Å². The van der Waals surface area contributed by atoms with Gasteiger partial charge in [-0.05, 0) is 40.8 Å². The first-order valence-corrected chi connectivity index (χ1v) is 6.99. The van der Waals surface area contributed by atoms with Crippen LogP contribution in [0.25, 0.3) is 0 Å². The summed E-state index contributed by atoms with van der Waals surface area (Å²) in [6.45, 7) is 6.44. The van der Waals surface area contributed by atoms with Crippen molar-refractivity contribution in [1.82, 2.24) is 0 Å². The van der Waals surface area contributed by atoms with Crippen LogP contribution in [0, 0.1) is 5.82 Å². The van der Waals surface area contributed by atoms with Gasteiger partial charge in [-0.2, -0.15) is 0 Å². The molecule has 1 amide bonds. The molecule has 0 aliphatic rings. The molecule has 0 saturated heterocycles. The summed E-state index contributed by atoms with van der Waals surface area (Å²) in [6.07, 6.45) is 0.237. The van der Waals surface area contributed by atoms with Crippen LogP contribution in [0.1, 0.15) is 31.9 Å². The van der Waals surface area contributed by atoms with E-state index >= 15 is 0 Å². The SMILES string of the molecule is CC(C)(C)c1ccc(NC(=O)Cc2ccc(F)cc2)cc1. The highest BCUT2D eigenvalue weighted by Crippen LogP contribution is 2.23. The molecule has 1 N–H and O–H groups in total. The predicted molar refractivity (Wildman–Crippen MR) is 83.9 cm³/mol. The van der Waals surface area contributed by atoms with Crippen molar-refractivity contribution < 1.29 is 9.18 Å². The van der Waals surface area contributed by atoms with Crippen LogP contribution >= 0.6 is 0 Å². The number of benzene rings is 2. The number of halogens is 1. The average molecular weight is 285 g/mol. The molecule has 110 valence electrons. The zero-order valence-electron chi connectivity index (χ0n) is 12.6. The smallest absolute Gasteiger partial charge is 0.228 e. The molecule has 0 aliphatic heterocycles. The molecule has 0 spiro atoms. The van der Waals surface area contributed by atoms with Gasteiger partial charge < -0.3 is 5.32 Å². The van der Waals surface area contributed by atoms with E-state index in [2.05, 4.69) is 26.1 Å². The highest BCUT2D eigenvalue weighted by Gasteiger charge is 2.13. The van der Waals surface area contributed by atoms with Crippen molar-refractivity contribution in [3.8, 4) is 0 Å². The monoisotopic (exact) mass is 285 g/mol. The summed E-state index contributed by atoms with van der Waals surface area (Å²) in [5.74, 6) is -0.401. The Balaban J connectivity index is 1.98. The summed E-state index contributed by atoms with van der Waals surface area (Å²) in [5, 5.41) is 2.85. The second kappa shape index (κ2) is 6.08. The highest BCUT2D eigenvalue weighted by atomic mass is 19.1. The largest absolute Gasteiger partial charge is 0.326 e. The van der Waals surface area contributed by atoms with Crippen LogP contribution < -0.4 is 5.32 Å². The van der Waals surface area contributed by atoms with Crippen molar-refractivity contribution in [2.75, 3.05) is 5.32 Å². The Morgan fingerprint density at radius 2 is 1.57 bits per heavy atom. The molecular weight excluding hydrogens is 265 g/mol. The number of carbonyl (C=O) groups is 1. The minimum Gasteiger partial charge on any atom is -0.326 e. The van der Waals surface area contributed by atoms with Gasteiger partial charge in [0.15, 0.2) is 0 Å². The molecule has 3 heteroatoms. The van der Waals surface area contributed by atoms with E-state index in [1.807, 2.05) is 24.3 Å². The first-order valence-electron chi connectivity index (χ1n) is 6.99. The average Bonchev–Trinajstić information content (AvgIpc) is 2.41. The molecule has 0 heterocycles. The molecule has 2 aromatic carbocycles. The molecule has 0 aliphatic carbocycles. The molecule has 0 fully saturated rings. The number of anilines is 1. The Bertz CT molecular complexity index is 609.